The molecule has 0 aliphatic heterocycles. The van der Waals surface area contributed by atoms with Crippen LogP contribution in [0.2, 0.25) is 0 Å². The first-order valence-electron chi connectivity index (χ1n) is 4.93. The molecule has 0 aliphatic rings. The van der Waals surface area contributed by atoms with E-state index in [1.807, 2.05) is 0 Å². The molecule has 0 amide bonds. The first-order valence-corrected chi connectivity index (χ1v) is 6.43. The highest BCUT2D eigenvalue weighted by atomic mass is 32.2. The van der Waals surface area contributed by atoms with Gasteiger partial charge in [-0.3, -0.25) is 4.79 Å². The molecule has 0 saturated carbocycles. The molecule has 0 unspecified atom stereocenters. The van der Waals surface area contributed by atoms with Crippen molar-refractivity contribution in [3.8, 4) is 0 Å². The largest absolute Gasteiger partial charge is 0.466 e. The molecule has 0 rings (SSSR count). The maximum absolute atomic E-state index is 11.6. The molecule has 0 aromatic carbocycles. The summed E-state index contributed by atoms with van der Waals surface area (Å²) in [6.07, 6.45) is 0.0935. The van der Waals surface area contributed by atoms with E-state index in [9.17, 15) is 13.2 Å². The Labute approximate surface area is 91.5 Å². The highest BCUT2D eigenvalue weighted by molar-refractivity contribution is 7.89. The molecule has 0 heterocycles. The Morgan fingerprint density at radius 1 is 1.40 bits per heavy atom. The van der Waals surface area contributed by atoms with Crippen LogP contribution in [0.1, 0.15) is 27.2 Å². The molecule has 0 aromatic heterocycles. The number of esters is 1. The van der Waals surface area contributed by atoms with E-state index in [-0.39, 0.29) is 18.9 Å². The summed E-state index contributed by atoms with van der Waals surface area (Å²) in [5, 5.41) is -0.468. The van der Waals surface area contributed by atoms with Crippen LogP contribution in [-0.2, 0) is 19.6 Å². The van der Waals surface area contributed by atoms with E-state index >= 15 is 0 Å². The number of hydrogen-bond donors (Lipinski definition) is 0. The monoisotopic (exact) mass is 237 g/mol. The number of ether oxygens (including phenoxy) is 1. The standard InChI is InChI=1S/C9H19NO4S/c1-5-14-9(11)6-7-10(4)15(12,13)8(2)3/h8H,5-7H2,1-4H3. The number of carbonyl (C=O) groups is 1. The van der Waals surface area contributed by atoms with E-state index in [2.05, 4.69) is 0 Å². The summed E-state index contributed by atoms with van der Waals surface area (Å²) < 4.78 is 29.0. The Morgan fingerprint density at radius 2 is 1.93 bits per heavy atom. The van der Waals surface area contributed by atoms with E-state index in [1.165, 1.54) is 11.4 Å². The Balaban J connectivity index is 4.16. The molecular weight excluding hydrogens is 218 g/mol. The van der Waals surface area contributed by atoms with Crippen molar-refractivity contribution in [2.24, 2.45) is 0 Å². The number of nitrogens with zero attached hydrogens (tertiary/aromatic N) is 1. The average molecular weight is 237 g/mol. The van der Waals surface area contributed by atoms with Crippen LogP contribution >= 0.6 is 0 Å². The van der Waals surface area contributed by atoms with E-state index < -0.39 is 15.3 Å². The second-order valence-electron chi connectivity index (χ2n) is 3.47. The molecule has 0 fully saturated rings. The minimum atomic E-state index is -3.26. The molecule has 5 nitrogen and oxygen atoms in total. The molecule has 0 spiro atoms. The van der Waals surface area contributed by atoms with Gasteiger partial charge in [0.2, 0.25) is 10.0 Å². The zero-order valence-corrected chi connectivity index (χ0v) is 10.5. The lowest BCUT2D eigenvalue weighted by Crippen LogP contribution is -2.34. The van der Waals surface area contributed by atoms with Crippen molar-refractivity contribution in [3.05, 3.63) is 0 Å². The van der Waals surface area contributed by atoms with Crippen LogP contribution in [0.3, 0.4) is 0 Å². The number of hydrogen-bond acceptors (Lipinski definition) is 4. The van der Waals surface area contributed by atoms with Gasteiger partial charge < -0.3 is 4.74 Å². The summed E-state index contributed by atoms with van der Waals surface area (Å²) >= 11 is 0. The third-order valence-electron chi connectivity index (χ3n) is 1.97. The van der Waals surface area contributed by atoms with Gasteiger partial charge in [0.05, 0.1) is 18.3 Å². The van der Waals surface area contributed by atoms with Gasteiger partial charge in [-0.2, -0.15) is 0 Å². The molecule has 0 atom stereocenters. The zero-order chi connectivity index (χ0) is 12.1. The van der Waals surface area contributed by atoms with Gasteiger partial charge in [0.15, 0.2) is 0 Å². The molecule has 0 N–H and O–H groups in total. The highest BCUT2D eigenvalue weighted by Crippen LogP contribution is 2.06. The fourth-order valence-electron chi connectivity index (χ4n) is 0.969. The van der Waals surface area contributed by atoms with E-state index in [0.717, 1.165) is 0 Å². The zero-order valence-electron chi connectivity index (χ0n) is 9.69. The van der Waals surface area contributed by atoms with Gasteiger partial charge in [-0.15, -0.1) is 0 Å². The SMILES string of the molecule is CCOC(=O)CCN(C)S(=O)(=O)C(C)C. The van der Waals surface area contributed by atoms with Gasteiger partial charge in [0.1, 0.15) is 0 Å². The van der Waals surface area contributed by atoms with Crippen molar-refractivity contribution in [1.29, 1.82) is 0 Å². The van der Waals surface area contributed by atoms with Crippen molar-refractivity contribution in [2.45, 2.75) is 32.4 Å². The topological polar surface area (TPSA) is 63.7 Å². The van der Waals surface area contributed by atoms with Crippen LogP contribution in [0.4, 0.5) is 0 Å². The second-order valence-corrected chi connectivity index (χ2v) is 6.07. The number of sulfonamides is 1. The van der Waals surface area contributed by atoms with Gasteiger partial charge in [-0.25, -0.2) is 12.7 Å². The predicted molar refractivity (Wildman–Crippen MR) is 57.9 cm³/mol. The maximum Gasteiger partial charge on any atom is 0.307 e. The molecule has 15 heavy (non-hydrogen) atoms. The van der Waals surface area contributed by atoms with Crippen molar-refractivity contribution in [3.63, 3.8) is 0 Å². The summed E-state index contributed by atoms with van der Waals surface area (Å²) in [5.41, 5.74) is 0. The third kappa shape index (κ3) is 4.61. The van der Waals surface area contributed by atoms with Crippen LogP contribution in [0, 0.1) is 0 Å². The lowest BCUT2D eigenvalue weighted by atomic mass is 10.4. The number of rotatable bonds is 6. The first-order chi connectivity index (χ1) is 6.82. The van der Waals surface area contributed by atoms with Crippen molar-refractivity contribution in [2.75, 3.05) is 20.2 Å². The molecule has 0 aromatic rings. The van der Waals surface area contributed by atoms with Crippen molar-refractivity contribution < 1.29 is 17.9 Å². The predicted octanol–water partition coefficient (Wildman–Crippen LogP) is 0.610. The quantitative estimate of drug-likeness (QED) is 0.635. The van der Waals surface area contributed by atoms with Gasteiger partial charge in [0.25, 0.3) is 0 Å². The van der Waals surface area contributed by atoms with Gasteiger partial charge in [-0.1, -0.05) is 0 Å². The summed E-state index contributed by atoms with van der Waals surface area (Å²) in [7, 11) is -1.80. The van der Waals surface area contributed by atoms with E-state index in [4.69, 9.17) is 4.74 Å². The molecule has 0 aliphatic carbocycles. The molecule has 90 valence electrons. The Morgan fingerprint density at radius 3 is 2.33 bits per heavy atom. The van der Waals surface area contributed by atoms with Crippen molar-refractivity contribution >= 4 is 16.0 Å². The average Bonchev–Trinajstić information content (AvgIpc) is 2.14. The molecular formula is C9H19NO4S. The minimum absolute atomic E-state index is 0.0935. The lowest BCUT2D eigenvalue weighted by Gasteiger charge is -2.18. The van der Waals surface area contributed by atoms with E-state index in [0.29, 0.717) is 6.61 Å². The smallest absolute Gasteiger partial charge is 0.307 e. The fourth-order valence-corrected chi connectivity index (χ4v) is 2.03. The van der Waals surface area contributed by atoms with E-state index in [1.54, 1.807) is 20.8 Å². The molecule has 6 heteroatoms. The van der Waals surface area contributed by atoms with Gasteiger partial charge in [-0.05, 0) is 20.8 Å². The minimum Gasteiger partial charge on any atom is -0.466 e. The Kier molecular flexibility index (Phi) is 5.82. The molecule has 0 bridgehead atoms. The van der Waals surface area contributed by atoms with Crippen LogP contribution in [-0.4, -0.2) is 44.1 Å². The first kappa shape index (κ1) is 14.4. The Bertz CT molecular complexity index is 297. The summed E-state index contributed by atoms with van der Waals surface area (Å²) in [5.74, 6) is -0.372. The highest BCUT2D eigenvalue weighted by Gasteiger charge is 2.22. The maximum atomic E-state index is 11.6. The normalized spacial score (nSPS) is 12.1. The Hall–Kier alpha value is -0.620. The van der Waals surface area contributed by atoms with Crippen LogP contribution in [0.5, 0.6) is 0 Å². The third-order valence-corrected chi connectivity index (χ3v) is 4.21. The summed E-state index contributed by atoms with van der Waals surface area (Å²) in [6, 6.07) is 0. The van der Waals surface area contributed by atoms with Crippen molar-refractivity contribution in [1.82, 2.24) is 4.31 Å². The lowest BCUT2D eigenvalue weighted by molar-refractivity contribution is -0.143. The molecule has 0 saturated heterocycles. The fraction of sp³-hybridized carbons (Fsp3) is 0.889. The molecule has 0 radical (unpaired) electrons. The van der Waals surface area contributed by atoms with Gasteiger partial charge >= 0.3 is 5.97 Å². The van der Waals surface area contributed by atoms with Gasteiger partial charge in [0, 0.05) is 13.6 Å². The second kappa shape index (κ2) is 6.07. The summed E-state index contributed by atoms with van der Waals surface area (Å²) in [6.45, 7) is 5.41. The summed E-state index contributed by atoms with van der Waals surface area (Å²) in [4.78, 5) is 11.0. The van der Waals surface area contributed by atoms with Crippen LogP contribution in [0.25, 0.3) is 0 Å². The van der Waals surface area contributed by atoms with Crippen LogP contribution < -0.4 is 0 Å². The number of carbonyl (C=O) groups excluding carboxylic acids is 1. The van der Waals surface area contributed by atoms with Crippen LogP contribution in [0.15, 0.2) is 0 Å².